The number of phenolic OH excluding ortho intramolecular Hbond substituents is 1. The maximum Gasteiger partial charge on any atom is 0.335 e. The molecule has 1 aliphatic carbocycles. The quantitative estimate of drug-likeness (QED) is 0.369. The number of anilines is 2. The average Bonchev–Trinajstić information content (AvgIpc) is 3.42. The van der Waals surface area contributed by atoms with Crippen LogP contribution in [0.4, 0.5) is 11.4 Å². The van der Waals surface area contributed by atoms with Gasteiger partial charge < -0.3 is 10.2 Å². The molecule has 0 unspecified atom stereocenters. The first-order valence-corrected chi connectivity index (χ1v) is 11.3. The molecule has 5 rings (SSSR count). The molecule has 0 bridgehead atoms. The standard InChI is InChI=1S/C27H24N4O4/c1-15-11-22(19-7-4-8-20(13-19)27(34)35)25(32)23(12-15)28-29-24-16(2)30-31(26(24)33)21-10-9-17-5-3-6-18(17)14-21/h4,7-14,28,32H,3,5-6H2,1-2H3,(H,34,35)/b29-24-. The molecule has 1 amide bonds. The second kappa shape index (κ2) is 8.72. The van der Waals surface area contributed by atoms with Crippen molar-refractivity contribution in [2.45, 2.75) is 33.1 Å². The number of phenols is 1. The van der Waals surface area contributed by atoms with Crippen molar-refractivity contribution in [2.75, 3.05) is 10.4 Å². The molecule has 176 valence electrons. The van der Waals surface area contributed by atoms with E-state index >= 15 is 0 Å². The number of aromatic carboxylic acids is 1. The molecule has 3 aromatic rings. The number of carboxylic acid groups (broad SMARTS) is 1. The number of hydrazone groups is 2. The molecule has 8 nitrogen and oxygen atoms in total. The maximum atomic E-state index is 13.1. The Labute approximate surface area is 202 Å². The van der Waals surface area contributed by atoms with Gasteiger partial charge in [0.05, 0.1) is 22.6 Å². The van der Waals surface area contributed by atoms with Crippen molar-refractivity contribution in [3.8, 4) is 16.9 Å². The van der Waals surface area contributed by atoms with Crippen LogP contribution < -0.4 is 10.4 Å². The Balaban J connectivity index is 1.43. The van der Waals surface area contributed by atoms with Crippen molar-refractivity contribution in [1.29, 1.82) is 0 Å². The van der Waals surface area contributed by atoms with Crippen molar-refractivity contribution in [1.82, 2.24) is 0 Å². The highest BCUT2D eigenvalue weighted by Gasteiger charge is 2.31. The summed E-state index contributed by atoms with van der Waals surface area (Å²) in [6.45, 7) is 3.57. The number of rotatable bonds is 5. The van der Waals surface area contributed by atoms with Gasteiger partial charge in [-0.1, -0.05) is 18.2 Å². The van der Waals surface area contributed by atoms with Crippen LogP contribution in [0, 0.1) is 6.92 Å². The molecular formula is C27H24N4O4. The first-order valence-electron chi connectivity index (χ1n) is 11.3. The van der Waals surface area contributed by atoms with Crippen LogP contribution in [-0.2, 0) is 17.6 Å². The molecule has 35 heavy (non-hydrogen) atoms. The van der Waals surface area contributed by atoms with Crippen LogP contribution in [0.1, 0.15) is 40.4 Å². The van der Waals surface area contributed by atoms with E-state index in [-0.39, 0.29) is 22.9 Å². The van der Waals surface area contributed by atoms with Gasteiger partial charge in [-0.05, 0) is 91.8 Å². The molecular weight excluding hydrogens is 444 g/mol. The number of nitrogens with one attached hydrogen (secondary N) is 1. The lowest BCUT2D eigenvalue weighted by Gasteiger charge is -2.14. The van der Waals surface area contributed by atoms with Crippen LogP contribution in [0.25, 0.3) is 11.1 Å². The highest BCUT2D eigenvalue weighted by atomic mass is 16.4. The summed E-state index contributed by atoms with van der Waals surface area (Å²) in [5, 5.41) is 30.2. The summed E-state index contributed by atoms with van der Waals surface area (Å²) in [5.41, 5.74) is 8.95. The molecule has 0 aromatic heterocycles. The second-order valence-electron chi connectivity index (χ2n) is 8.78. The minimum atomic E-state index is -1.05. The van der Waals surface area contributed by atoms with Crippen LogP contribution in [0.2, 0.25) is 0 Å². The molecule has 2 aliphatic rings. The van der Waals surface area contributed by atoms with Gasteiger partial charge in [-0.2, -0.15) is 15.2 Å². The first-order chi connectivity index (χ1) is 16.8. The van der Waals surface area contributed by atoms with Crippen LogP contribution in [0.15, 0.2) is 64.8 Å². The van der Waals surface area contributed by atoms with Crippen molar-refractivity contribution in [2.24, 2.45) is 10.2 Å². The molecule has 0 fully saturated rings. The highest BCUT2D eigenvalue weighted by molar-refractivity contribution is 6.71. The first kappa shape index (κ1) is 22.3. The Kier molecular flexibility index (Phi) is 5.56. The van der Waals surface area contributed by atoms with E-state index in [0.29, 0.717) is 28.2 Å². The molecule has 0 saturated heterocycles. The van der Waals surface area contributed by atoms with E-state index in [0.717, 1.165) is 24.8 Å². The number of carboxylic acids is 1. The summed E-state index contributed by atoms with van der Waals surface area (Å²) in [6.07, 6.45) is 3.18. The van der Waals surface area contributed by atoms with Gasteiger partial charge in [0, 0.05) is 5.56 Å². The Morgan fingerprint density at radius 1 is 1.06 bits per heavy atom. The molecule has 3 aromatic carbocycles. The van der Waals surface area contributed by atoms with E-state index in [1.807, 2.05) is 19.1 Å². The predicted octanol–water partition coefficient (Wildman–Crippen LogP) is 4.75. The number of nitrogens with zero attached hydrogens (tertiary/aromatic N) is 3. The summed E-state index contributed by atoms with van der Waals surface area (Å²) in [7, 11) is 0. The van der Waals surface area contributed by atoms with E-state index in [2.05, 4.69) is 21.7 Å². The van der Waals surface area contributed by atoms with Crippen molar-refractivity contribution >= 4 is 34.7 Å². The third-order valence-corrected chi connectivity index (χ3v) is 6.28. The predicted molar refractivity (Wildman–Crippen MR) is 135 cm³/mol. The van der Waals surface area contributed by atoms with Gasteiger partial charge in [0.2, 0.25) is 0 Å². The normalized spacial score (nSPS) is 15.9. The smallest absolute Gasteiger partial charge is 0.335 e. The molecule has 8 heteroatoms. The van der Waals surface area contributed by atoms with E-state index in [9.17, 15) is 19.8 Å². The third kappa shape index (κ3) is 4.14. The monoisotopic (exact) mass is 468 g/mol. The lowest BCUT2D eigenvalue weighted by Crippen LogP contribution is -2.28. The molecule has 1 aliphatic heterocycles. The van der Waals surface area contributed by atoms with E-state index < -0.39 is 5.97 Å². The highest BCUT2D eigenvalue weighted by Crippen LogP contribution is 2.37. The summed E-state index contributed by atoms with van der Waals surface area (Å²) < 4.78 is 0. The second-order valence-corrected chi connectivity index (χ2v) is 8.78. The van der Waals surface area contributed by atoms with E-state index in [1.54, 1.807) is 31.2 Å². The van der Waals surface area contributed by atoms with Crippen LogP contribution in [0.5, 0.6) is 5.75 Å². The van der Waals surface area contributed by atoms with Crippen molar-refractivity contribution in [3.63, 3.8) is 0 Å². The van der Waals surface area contributed by atoms with Gasteiger partial charge in [-0.3, -0.25) is 10.2 Å². The van der Waals surface area contributed by atoms with E-state index in [4.69, 9.17) is 0 Å². The SMILES string of the molecule is CC1=NN(c2ccc3c(c2)CCC3)C(=O)/C1=N\Nc1cc(C)cc(-c2cccc(C(=O)O)c2)c1O. The van der Waals surface area contributed by atoms with Gasteiger partial charge in [-0.15, -0.1) is 0 Å². The minimum Gasteiger partial charge on any atom is -0.505 e. The number of fused-ring (bicyclic) bond motifs is 1. The molecule has 0 saturated carbocycles. The van der Waals surface area contributed by atoms with Crippen LogP contribution in [-0.4, -0.2) is 33.5 Å². The van der Waals surface area contributed by atoms with Crippen molar-refractivity contribution in [3.05, 3.63) is 76.9 Å². The molecule has 0 spiro atoms. The molecule has 0 atom stereocenters. The number of amides is 1. The van der Waals surface area contributed by atoms with Gasteiger partial charge >= 0.3 is 11.9 Å². The van der Waals surface area contributed by atoms with Gasteiger partial charge in [0.15, 0.2) is 5.71 Å². The Morgan fingerprint density at radius 3 is 2.66 bits per heavy atom. The third-order valence-electron chi connectivity index (χ3n) is 6.28. The zero-order valence-electron chi connectivity index (χ0n) is 19.4. The fraction of sp³-hybridized carbons (Fsp3) is 0.185. The largest absolute Gasteiger partial charge is 0.505 e. The summed E-state index contributed by atoms with van der Waals surface area (Å²) >= 11 is 0. The number of hydrogen-bond acceptors (Lipinski definition) is 6. The van der Waals surface area contributed by atoms with Gasteiger partial charge in [0.1, 0.15) is 5.75 Å². The molecule has 1 heterocycles. The number of benzene rings is 3. The summed E-state index contributed by atoms with van der Waals surface area (Å²) in [6, 6.07) is 15.8. The summed E-state index contributed by atoms with van der Waals surface area (Å²) in [5.74, 6) is -1.50. The fourth-order valence-corrected chi connectivity index (χ4v) is 4.51. The maximum absolute atomic E-state index is 13.1. The number of carbonyl (C=O) groups is 2. The lowest BCUT2D eigenvalue weighted by molar-refractivity contribution is -0.112. The zero-order valence-corrected chi connectivity index (χ0v) is 19.4. The molecule has 0 radical (unpaired) electrons. The minimum absolute atomic E-state index is 0.0991. The molecule has 3 N–H and O–H groups in total. The summed E-state index contributed by atoms with van der Waals surface area (Å²) in [4.78, 5) is 24.5. The number of hydrogen-bond donors (Lipinski definition) is 3. The number of carbonyl (C=O) groups excluding carboxylic acids is 1. The van der Waals surface area contributed by atoms with Gasteiger partial charge in [0.25, 0.3) is 0 Å². The number of aryl methyl sites for hydroxylation is 3. The van der Waals surface area contributed by atoms with E-state index in [1.165, 1.54) is 28.3 Å². The number of aromatic hydroxyl groups is 1. The Bertz CT molecular complexity index is 1440. The van der Waals surface area contributed by atoms with Gasteiger partial charge in [-0.25, -0.2) is 4.79 Å². The fourth-order valence-electron chi connectivity index (χ4n) is 4.51. The van der Waals surface area contributed by atoms with Crippen molar-refractivity contribution < 1.29 is 19.8 Å². The Morgan fingerprint density at radius 2 is 1.86 bits per heavy atom. The Hall–Kier alpha value is -4.46. The lowest BCUT2D eigenvalue weighted by atomic mass is 9.99. The topological polar surface area (TPSA) is 115 Å². The average molecular weight is 469 g/mol. The van der Waals surface area contributed by atoms with Crippen LogP contribution in [0.3, 0.4) is 0 Å². The van der Waals surface area contributed by atoms with Crippen LogP contribution >= 0.6 is 0 Å². The zero-order chi connectivity index (χ0) is 24.7.